The molecule has 3 aliphatic heterocycles. The van der Waals surface area contributed by atoms with Crippen molar-refractivity contribution in [2.75, 3.05) is 13.1 Å². The molecule has 4 heterocycles. The third-order valence-corrected chi connectivity index (χ3v) is 6.85. The van der Waals surface area contributed by atoms with E-state index in [1.165, 1.54) is 23.2 Å². The van der Waals surface area contributed by atoms with Crippen molar-refractivity contribution in [3.05, 3.63) is 52.8 Å². The second-order valence-electron chi connectivity index (χ2n) is 8.21. The highest BCUT2D eigenvalue weighted by Gasteiger charge is 2.48. The SMILES string of the molecule is CCc1n[nH]c2c1CN(C(=O)[C@H]1C[C@@H](c3ccccc3)N3CCC[C@H]13)CC2. The first-order valence-corrected chi connectivity index (χ1v) is 10.4. The van der Waals surface area contributed by atoms with Crippen LogP contribution in [-0.4, -0.2) is 45.0 Å². The molecule has 1 N–H and O–H groups in total. The van der Waals surface area contributed by atoms with E-state index in [2.05, 4.69) is 57.3 Å². The van der Waals surface area contributed by atoms with Crippen LogP contribution in [0.25, 0.3) is 0 Å². The van der Waals surface area contributed by atoms with Gasteiger partial charge in [-0.15, -0.1) is 0 Å². The zero-order valence-electron chi connectivity index (χ0n) is 16.0. The average molecular weight is 364 g/mol. The molecule has 2 fully saturated rings. The number of benzene rings is 1. The van der Waals surface area contributed by atoms with Crippen molar-refractivity contribution in [1.82, 2.24) is 20.0 Å². The summed E-state index contributed by atoms with van der Waals surface area (Å²) in [6, 6.07) is 11.6. The van der Waals surface area contributed by atoms with Crippen LogP contribution in [0, 0.1) is 5.92 Å². The van der Waals surface area contributed by atoms with Crippen molar-refractivity contribution in [3.63, 3.8) is 0 Å². The number of nitrogens with zero attached hydrogens (tertiary/aromatic N) is 3. The number of hydrogen-bond donors (Lipinski definition) is 1. The van der Waals surface area contributed by atoms with E-state index in [9.17, 15) is 4.79 Å². The van der Waals surface area contributed by atoms with E-state index in [1.54, 1.807) is 0 Å². The number of aromatic amines is 1. The van der Waals surface area contributed by atoms with Gasteiger partial charge in [0.05, 0.1) is 11.6 Å². The van der Waals surface area contributed by atoms with E-state index in [1.807, 2.05) is 0 Å². The van der Waals surface area contributed by atoms with Crippen molar-refractivity contribution in [1.29, 1.82) is 0 Å². The van der Waals surface area contributed by atoms with Crippen LogP contribution in [0.3, 0.4) is 0 Å². The minimum absolute atomic E-state index is 0.135. The minimum Gasteiger partial charge on any atom is -0.338 e. The molecule has 142 valence electrons. The topological polar surface area (TPSA) is 52.2 Å². The molecule has 27 heavy (non-hydrogen) atoms. The number of carbonyl (C=O) groups excluding carboxylic acids is 1. The number of aryl methyl sites for hydroxylation is 1. The van der Waals surface area contributed by atoms with E-state index in [4.69, 9.17) is 0 Å². The predicted octanol–water partition coefficient (Wildman–Crippen LogP) is 3.08. The molecule has 1 amide bonds. The molecule has 5 nitrogen and oxygen atoms in total. The highest BCUT2D eigenvalue weighted by atomic mass is 16.2. The van der Waals surface area contributed by atoms with E-state index in [0.29, 0.717) is 18.0 Å². The van der Waals surface area contributed by atoms with E-state index in [-0.39, 0.29) is 5.92 Å². The maximum Gasteiger partial charge on any atom is 0.227 e. The van der Waals surface area contributed by atoms with E-state index >= 15 is 0 Å². The Hall–Kier alpha value is -2.14. The molecular weight excluding hydrogens is 336 g/mol. The van der Waals surface area contributed by atoms with Crippen LogP contribution in [0.4, 0.5) is 0 Å². The highest BCUT2D eigenvalue weighted by Crippen LogP contribution is 2.45. The lowest BCUT2D eigenvalue weighted by molar-refractivity contribution is -0.137. The predicted molar refractivity (Wildman–Crippen MR) is 104 cm³/mol. The van der Waals surface area contributed by atoms with Gasteiger partial charge < -0.3 is 4.90 Å². The monoisotopic (exact) mass is 364 g/mol. The molecule has 2 aromatic rings. The fourth-order valence-corrected chi connectivity index (χ4v) is 5.50. The molecule has 0 aliphatic carbocycles. The van der Waals surface area contributed by atoms with Crippen LogP contribution in [-0.2, 0) is 24.2 Å². The Labute approximate surface area is 160 Å². The van der Waals surface area contributed by atoms with E-state index < -0.39 is 0 Å². The Morgan fingerprint density at radius 2 is 2.11 bits per heavy atom. The zero-order valence-corrected chi connectivity index (χ0v) is 16.0. The first-order valence-electron chi connectivity index (χ1n) is 10.4. The first-order chi connectivity index (χ1) is 13.3. The molecule has 0 unspecified atom stereocenters. The van der Waals surface area contributed by atoms with Crippen LogP contribution >= 0.6 is 0 Å². The van der Waals surface area contributed by atoms with Gasteiger partial charge in [0.2, 0.25) is 5.91 Å². The Morgan fingerprint density at radius 1 is 1.26 bits per heavy atom. The van der Waals surface area contributed by atoms with Crippen LogP contribution < -0.4 is 0 Å². The molecule has 3 atom stereocenters. The summed E-state index contributed by atoms with van der Waals surface area (Å²) < 4.78 is 0. The van der Waals surface area contributed by atoms with Crippen LogP contribution in [0.5, 0.6) is 0 Å². The summed E-state index contributed by atoms with van der Waals surface area (Å²) in [5.74, 6) is 0.496. The summed E-state index contributed by atoms with van der Waals surface area (Å²) in [5.41, 5.74) is 4.98. The lowest BCUT2D eigenvalue weighted by Crippen LogP contribution is -2.43. The number of aromatic nitrogens is 2. The summed E-state index contributed by atoms with van der Waals surface area (Å²) in [6.45, 7) is 4.80. The zero-order chi connectivity index (χ0) is 18.4. The van der Waals surface area contributed by atoms with Gasteiger partial charge in [0.15, 0.2) is 0 Å². The van der Waals surface area contributed by atoms with E-state index in [0.717, 1.165) is 51.0 Å². The van der Waals surface area contributed by atoms with Crippen molar-refractivity contribution in [3.8, 4) is 0 Å². The minimum atomic E-state index is 0.135. The molecule has 0 bridgehead atoms. The Bertz CT molecular complexity index is 817. The number of H-pyrrole nitrogens is 1. The molecule has 1 aromatic carbocycles. The fourth-order valence-electron chi connectivity index (χ4n) is 5.50. The quantitative estimate of drug-likeness (QED) is 0.911. The van der Waals surface area contributed by atoms with Crippen LogP contribution in [0.2, 0.25) is 0 Å². The van der Waals surface area contributed by atoms with Crippen molar-refractivity contribution >= 4 is 5.91 Å². The summed E-state index contributed by atoms with van der Waals surface area (Å²) in [4.78, 5) is 18.2. The van der Waals surface area contributed by atoms with Crippen molar-refractivity contribution in [2.24, 2.45) is 5.92 Å². The van der Waals surface area contributed by atoms with Gasteiger partial charge in [-0.2, -0.15) is 5.10 Å². The number of fused-ring (bicyclic) bond motifs is 2. The van der Waals surface area contributed by atoms with Crippen LogP contribution in [0.1, 0.15) is 54.7 Å². The number of amides is 1. The first kappa shape index (κ1) is 17.0. The number of nitrogens with one attached hydrogen (secondary N) is 1. The lowest BCUT2D eigenvalue weighted by atomic mass is 9.92. The second kappa shape index (κ2) is 6.79. The standard InChI is InChI=1S/C22H28N4O/c1-2-18-17-14-25(12-10-19(17)24-23-18)22(27)16-13-21(15-7-4-3-5-8-15)26-11-6-9-20(16)26/h3-5,7-8,16,20-21H,2,6,9-14H2,1H3,(H,23,24)/t16-,20+,21-/m0/s1. The Kier molecular flexibility index (Phi) is 4.27. The average Bonchev–Trinajstić information content (AvgIpc) is 3.42. The molecule has 2 saturated heterocycles. The molecule has 0 spiro atoms. The largest absolute Gasteiger partial charge is 0.338 e. The van der Waals surface area contributed by atoms with Crippen molar-refractivity contribution < 1.29 is 4.79 Å². The lowest BCUT2D eigenvalue weighted by Gasteiger charge is -2.31. The number of hydrogen-bond acceptors (Lipinski definition) is 3. The number of carbonyl (C=O) groups is 1. The molecule has 0 saturated carbocycles. The van der Waals surface area contributed by atoms with Gasteiger partial charge >= 0.3 is 0 Å². The van der Waals surface area contributed by atoms with Gasteiger partial charge in [-0.3, -0.25) is 14.8 Å². The van der Waals surface area contributed by atoms with Gasteiger partial charge in [0, 0.05) is 42.9 Å². The third-order valence-electron chi connectivity index (χ3n) is 6.85. The molecule has 3 aliphatic rings. The normalized spacial score (nSPS) is 27.6. The molecular formula is C22H28N4O. The van der Waals surface area contributed by atoms with Crippen LogP contribution in [0.15, 0.2) is 30.3 Å². The maximum absolute atomic E-state index is 13.5. The Balaban J connectivity index is 1.37. The number of rotatable bonds is 3. The van der Waals surface area contributed by atoms with Gasteiger partial charge in [-0.1, -0.05) is 37.3 Å². The Morgan fingerprint density at radius 3 is 2.93 bits per heavy atom. The third kappa shape index (κ3) is 2.80. The van der Waals surface area contributed by atoms with Gasteiger partial charge in [0.25, 0.3) is 0 Å². The summed E-state index contributed by atoms with van der Waals surface area (Å²) >= 11 is 0. The van der Waals surface area contributed by atoms with Crippen molar-refractivity contribution in [2.45, 2.75) is 57.7 Å². The second-order valence-corrected chi connectivity index (χ2v) is 8.21. The molecule has 5 rings (SSSR count). The van der Waals surface area contributed by atoms with Gasteiger partial charge in [0.1, 0.15) is 0 Å². The molecule has 0 radical (unpaired) electrons. The molecule has 5 heteroatoms. The summed E-state index contributed by atoms with van der Waals surface area (Å²) in [6.07, 6.45) is 5.15. The smallest absolute Gasteiger partial charge is 0.227 e. The fraction of sp³-hybridized carbons (Fsp3) is 0.545. The summed E-state index contributed by atoms with van der Waals surface area (Å²) in [7, 11) is 0. The van der Waals surface area contributed by atoms with Gasteiger partial charge in [-0.25, -0.2) is 0 Å². The van der Waals surface area contributed by atoms with Gasteiger partial charge in [-0.05, 0) is 37.8 Å². The summed E-state index contributed by atoms with van der Waals surface area (Å²) in [5, 5.41) is 7.62. The highest BCUT2D eigenvalue weighted by molar-refractivity contribution is 5.80. The molecule has 1 aromatic heterocycles. The maximum atomic E-state index is 13.5.